The molecule has 3 fully saturated rings. The van der Waals surface area contributed by atoms with Gasteiger partial charge in [-0.05, 0) is 111 Å². The van der Waals surface area contributed by atoms with E-state index in [0.29, 0.717) is 0 Å². The Balaban J connectivity index is 1.32. The van der Waals surface area contributed by atoms with E-state index >= 15 is 0 Å². The molecule has 0 aromatic heterocycles. The van der Waals surface area contributed by atoms with E-state index in [1.54, 1.807) is 16.0 Å². The average molecular weight is 599 g/mol. The maximum absolute atomic E-state index is 2.88. The zero-order chi connectivity index (χ0) is 30.0. The molecule has 4 aliphatic rings. The van der Waals surface area contributed by atoms with Crippen LogP contribution in [0.25, 0.3) is 5.57 Å². The molecule has 228 valence electrons. The van der Waals surface area contributed by atoms with E-state index in [1.165, 1.54) is 49.7 Å². The number of benzene rings is 2. The Bertz CT molecular complexity index is 1260. The van der Waals surface area contributed by atoms with E-state index in [0.717, 1.165) is 57.8 Å². The summed E-state index contributed by atoms with van der Waals surface area (Å²) in [5, 5.41) is 0.790. The molecule has 3 aliphatic carbocycles. The second-order valence-corrected chi connectivity index (χ2v) is 23.2. The number of hydrogen-bond donors (Lipinski definition) is 0. The van der Waals surface area contributed by atoms with Crippen LogP contribution >= 0.6 is 11.8 Å². The third-order valence-electron chi connectivity index (χ3n) is 12.8. The molecule has 0 saturated heterocycles. The van der Waals surface area contributed by atoms with E-state index in [1.807, 2.05) is 0 Å². The fourth-order valence-corrected chi connectivity index (χ4v) is 20.2. The minimum absolute atomic E-state index is 0.207. The van der Waals surface area contributed by atoms with Crippen molar-refractivity contribution in [2.75, 3.05) is 0 Å². The highest BCUT2D eigenvalue weighted by Crippen LogP contribution is 2.68. The SMILES string of the molecule is CC1=C(c2ccc(C(C)(C)C)cc2)C2CC(C(C)C)C([Si](C)(C)C3C(C)CC4C(c5ccccc5)CCCCC43)C2S1. The van der Waals surface area contributed by atoms with Gasteiger partial charge in [0.25, 0.3) is 0 Å². The maximum atomic E-state index is 2.88. The normalized spacial score (nSPS) is 35.4. The van der Waals surface area contributed by atoms with E-state index in [2.05, 4.69) is 128 Å². The molecule has 1 heterocycles. The Labute approximate surface area is 263 Å². The van der Waals surface area contributed by atoms with E-state index in [4.69, 9.17) is 0 Å². The molecule has 0 bridgehead atoms. The molecule has 0 nitrogen and oxygen atoms in total. The maximum Gasteiger partial charge on any atom is 0.0556 e. The fraction of sp³-hybridized carbons (Fsp3) is 0.650. The van der Waals surface area contributed by atoms with Crippen molar-refractivity contribution in [3.05, 3.63) is 76.2 Å². The summed E-state index contributed by atoms with van der Waals surface area (Å²) in [7, 11) is -1.61. The van der Waals surface area contributed by atoms with Crippen LogP contribution in [-0.4, -0.2) is 13.3 Å². The molecule has 3 saturated carbocycles. The molecule has 0 spiro atoms. The molecular formula is C40H58SSi. The highest BCUT2D eigenvalue weighted by Gasteiger charge is 2.61. The lowest BCUT2D eigenvalue weighted by Gasteiger charge is -2.47. The van der Waals surface area contributed by atoms with E-state index in [9.17, 15) is 0 Å². The third-order valence-corrected chi connectivity index (χ3v) is 19.7. The van der Waals surface area contributed by atoms with Crippen LogP contribution in [0.4, 0.5) is 0 Å². The van der Waals surface area contributed by atoms with Crippen molar-refractivity contribution in [1.82, 2.24) is 0 Å². The van der Waals surface area contributed by atoms with Gasteiger partial charge in [0, 0.05) is 5.25 Å². The topological polar surface area (TPSA) is 0 Å². The van der Waals surface area contributed by atoms with Crippen molar-refractivity contribution in [2.24, 2.45) is 35.5 Å². The van der Waals surface area contributed by atoms with Crippen molar-refractivity contribution >= 4 is 25.4 Å². The number of thioether (sulfide) groups is 1. The Morgan fingerprint density at radius 1 is 0.810 bits per heavy atom. The molecule has 0 N–H and O–H groups in total. The van der Waals surface area contributed by atoms with Gasteiger partial charge < -0.3 is 0 Å². The van der Waals surface area contributed by atoms with Gasteiger partial charge in [0.1, 0.15) is 0 Å². The quantitative estimate of drug-likeness (QED) is 0.308. The van der Waals surface area contributed by atoms with Crippen molar-refractivity contribution < 1.29 is 0 Å². The summed E-state index contributed by atoms with van der Waals surface area (Å²) in [5.41, 5.74) is 8.39. The van der Waals surface area contributed by atoms with Crippen LogP contribution in [0.15, 0.2) is 59.5 Å². The van der Waals surface area contributed by atoms with Gasteiger partial charge in [0.15, 0.2) is 0 Å². The molecular weight excluding hydrogens is 541 g/mol. The van der Waals surface area contributed by atoms with Crippen molar-refractivity contribution in [1.29, 1.82) is 0 Å². The summed E-state index contributed by atoms with van der Waals surface area (Å²) in [6.45, 7) is 23.0. The first-order valence-corrected chi connectivity index (χ1v) is 21.5. The summed E-state index contributed by atoms with van der Waals surface area (Å²) >= 11 is 2.31. The number of hydrogen-bond acceptors (Lipinski definition) is 1. The first-order valence-electron chi connectivity index (χ1n) is 17.4. The Hall–Kier alpha value is -1.25. The van der Waals surface area contributed by atoms with Gasteiger partial charge in [-0.25, -0.2) is 0 Å². The Morgan fingerprint density at radius 2 is 1.48 bits per heavy atom. The predicted octanol–water partition coefficient (Wildman–Crippen LogP) is 12.2. The van der Waals surface area contributed by atoms with Crippen molar-refractivity contribution in [3.8, 4) is 0 Å². The lowest BCUT2D eigenvalue weighted by molar-refractivity contribution is 0.321. The minimum atomic E-state index is -1.61. The summed E-state index contributed by atoms with van der Waals surface area (Å²) in [5.74, 6) is 5.86. The third kappa shape index (κ3) is 5.33. The zero-order valence-electron chi connectivity index (χ0n) is 28.1. The second-order valence-electron chi connectivity index (χ2n) is 16.8. The second kappa shape index (κ2) is 11.6. The summed E-state index contributed by atoms with van der Waals surface area (Å²) < 4.78 is 0. The number of allylic oxidation sites excluding steroid dienone is 2. The van der Waals surface area contributed by atoms with Crippen LogP contribution in [0.1, 0.15) is 110 Å². The highest BCUT2D eigenvalue weighted by molar-refractivity contribution is 8.04. The highest BCUT2D eigenvalue weighted by atomic mass is 32.2. The first-order chi connectivity index (χ1) is 19.9. The lowest BCUT2D eigenvalue weighted by atomic mass is 9.78. The van der Waals surface area contributed by atoms with Crippen molar-refractivity contribution in [2.45, 2.75) is 128 Å². The van der Waals surface area contributed by atoms with Gasteiger partial charge in [-0.1, -0.05) is 128 Å². The molecule has 0 radical (unpaired) electrons. The first kappa shape index (κ1) is 30.8. The van der Waals surface area contributed by atoms with Crippen LogP contribution in [0, 0.1) is 35.5 Å². The van der Waals surface area contributed by atoms with E-state index < -0.39 is 8.07 Å². The molecule has 2 aromatic carbocycles. The molecule has 2 heteroatoms. The predicted molar refractivity (Wildman–Crippen MR) is 189 cm³/mol. The summed E-state index contributed by atoms with van der Waals surface area (Å²) in [6.07, 6.45) is 8.65. The van der Waals surface area contributed by atoms with Gasteiger partial charge in [-0.3, -0.25) is 0 Å². The number of fused-ring (bicyclic) bond motifs is 2. The van der Waals surface area contributed by atoms with Gasteiger partial charge in [-0.15, -0.1) is 11.8 Å². The minimum Gasteiger partial charge on any atom is -0.127 e. The van der Waals surface area contributed by atoms with Gasteiger partial charge in [0.05, 0.1) is 8.07 Å². The molecule has 6 rings (SSSR count). The molecule has 9 unspecified atom stereocenters. The van der Waals surface area contributed by atoms with Gasteiger partial charge >= 0.3 is 0 Å². The Morgan fingerprint density at radius 3 is 2.12 bits per heavy atom. The zero-order valence-corrected chi connectivity index (χ0v) is 29.9. The lowest BCUT2D eigenvalue weighted by Crippen LogP contribution is -2.47. The standard InChI is InChI=1S/C40H58SSi/c1-25(2)33-24-35-36(29-19-21-30(22-20-29)40(5,6)7)27(4)41-37(35)39(33)42(8,9)38-26(3)23-34-31(17-13-14-18-32(34)38)28-15-11-10-12-16-28/h10-12,15-16,19-22,25-26,31-35,37-39H,13-14,17-18,23-24H2,1-9H3. The Kier molecular flexibility index (Phi) is 8.49. The molecule has 2 aromatic rings. The number of rotatable bonds is 5. The van der Waals surface area contributed by atoms with Crippen LogP contribution in [-0.2, 0) is 5.41 Å². The summed E-state index contributed by atoms with van der Waals surface area (Å²) in [6, 6.07) is 21.4. The average Bonchev–Trinajstić information content (AvgIpc) is 3.52. The van der Waals surface area contributed by atoms with Crippen LogP contribution in [0.3, 0.4) is 0 Å². The fourth-order valence-electron chi connectivity index (χ4n) is 11.1. The summed E-state index contributed by atoms with van der Waals surface area (Å²) in [4.78, 5) is 1.63. The van der Waals surface area contributed by atoms with Crippen LogP contribution < -0.4 is 0 Å². The van der Waals surface area contributed by atoms with Crippen LogP contribution in [0.2, 0.25) is 24.2 Å². The van der Waals surface area contributed by atoms with Crippen molar-refractivity contribution in [3.63, 3.8) is 0 Å². The van der Waals surface area contributed by atoms with E-state index in [-0.39, 0.29) is 5.41 Å². The largest absolute Gasteiger partial charge is 0.127 e. The van der Waals surface area contributed by atoms with Gasteiger partial charge in [-0.2, -0.15) is 0 Å². The smallest absolute Gasteiger partial charge is 0.0556 e. The molecule has 1 aliphatic heterocycles. The van der Waals surface area contributed by atoms with Crippen LogP contribution in [0.5, 0.6) is 0 Å². The van der Waals surface area contributed by atoms with Gasteiger partial charge in [0.2, 0.25) is 0 Å². The molecule has 42 heavy (non-hydrogen) atoms. The monoisotopic (exact) mass is 598 g/mol. The molecule has 9 atom stereocenters. The molecule has 0 amide bonds.